The van der Waals surface area contributed by atoms with Crippen molar-refractivity contribution in [1.29, 1.82) is 0 Å². The van der Waals surface area contributed by atoms with Gasteiger partial charge in [-0.2, -0.15) is 0 Å². The molecule has 3 rings (SSSR count). The molecule has 2 aliphatic rings. The number of carbonyl (C=O) groups is 1. The number of ether oxygens (including phenoxy) is 1. The van der Waals surface area contributed by atoms with Crippen LogP contribution in [0.5, 0.6) is 5.75 Å². The lowest BCUT2D eigenvalue weighted by Crippen LogP contribution is -2.51. The molecule has 0 N–H and O–H groups in total. The number of allylic oxidation sites excluding steroid dienone is 1. The average molecular weight is 313 g/mol. The van der Waals surface area contributed by atoms with Crippen LogP contribution in [0.4, 0.5) is 0 Å². The number of nitrogens with zero attached hydrogens (tertiary/aromatic N) is 1. The molecule has 0 unspecified atom stereocenters. The molecule has 3 heteroatoms. The van der Waals surface area contributed by atoms with E-state index >= 15 is 0 Å². The van der Waals surface area contributed by atoms with E-state index in [4.69, 9.17) is 4.74 Å². The quantitative estimate of drug-likeness (QED) is 0.819. The molecule has 23 heavy (non-hydrogen) atoms. The van der Waals surface area contributed by atoms with Crippen LogP contribution in [0.1, 0.15) is 51.0 Å². The molecule has 1 aliphatic carbocycles. The first-order chi connectivity index (χ1) is 11.2. The lowest BCUT2D eigenvalue weighted by atomic mass is 9.81. The maximum atomic E-state index is 12.5. The highest BCUT2D eigenvalue weighted by atomic mass is 16.5. The van der Waals surface area contributed by atoms with Crippen LogP contribution in [0.2, 0.25) is 0 Å². The van der Waals surface area contributed by atoms with E-state index in [-0.39, 0.29) is 0 Å². The van der Waals surface area contributed by atoms with Gasteiger partial charge in [0.2, 0.25) is 0 Å². The van der Waals surface area contributed by atoms with Crippen molar-refractivity contribution in [3.8, 4) is 5.75 Å². The summed E-state index contributed by atoms with van der Waals surface area (Å²) in [6.45, 7) is 3.13. The van der Waals surface area contributed by atoms with Gasteiger partial charge in [-0.3, -0.25) is 9.69 Å². The van der Waals surface area contributed by atoms with Crippen molar-refractivity contribution in [2.45, 2.75) is 64.1 Å². The van der Waals surface area contributed by atoms with E-state index < -0.39 is 0 Å². The first-order valence-corrected chi connectivity index (χ1v) is 8.85. The van der Waals surface area contributed by atoms with Crippen LogP contribution >= 0.6 is 0 Å². The zero-order valence-electron chi connectivity index (χ0n) is 14.3. The molecule has 0 spiro atoms. The molecule has 1 saturated heterocycles. The van der Waals surface area contributed by atoms with E-state index in [0.717, 1.165) is 43.6 Å². The smallest absolute Gasteiger partial charge is 0.161 e. The second-order valence-corrected chi connectivity index (χ2v) is 6.70. The Hall–Kier alpha value is -1.61. The number of carbonyl (C=O) groups excluding carboxylic acids is 1. The Labute approximate surface area is 139 Å². The SMILES string of the molecule is CCC[C@@H]1CC(=O)C2=CCCC[C@H]2N1Cc1ccc(OC)cc1. The van der Waals surface area contributed by atoms with Crippen LogP contribution in [0.15, 0.2) is 35.9 Å². The second kappa shape index (κ2) is 7.31. The fourth-order valence-electron chi connectivity index (χ4n) is 3.99. The van der Waals surface area contributed by atoms with Gasteiger partial charge in [0.25, 0.3) is 0 Å². The number of Topliss-reactive ketones (excluding diaryl/α,β-unsaturated/α-hetero) is 1. The van der Waals surface area contributed by atoms with Gasteiger partial charge >= 0.3 is 0 Å². The number of hydrogen-bond acceptors (Lipinski definition) is 3. The zero-order valence-corrected chi connectivity index (χ0v) is 14.3. The monoisotopic (exact) mass is 313 g/mol. The number of likely N-dealkylation sites (tertiary alicyclic amines) is 1. The fourth-order valence-corrected chi connectivity index (χ4v) is 3.99. The van der Waals surface area contributed by atoms with Gasteiger partial charge in [-0.25, -0.2) is 0 Å². The molecule has 1 aromatic carbocycles. The molecule has 2 atom stereocenters. The largest absolute Gasteiger partial charge is 0.497 e. The van der Waals surface area contributed by atoms with Crippen molar-refractivity contribution in [3.05, 3.63) is 41.5 Å². The van der Waals surface area contributed by atoms with Crippen molar-refractivity contribution in [3.63, 3.8) is 0 Å². The molecule has 0 amide bonds. The highest BCUT2D eigenvalue weighted by Gasteiger charge is 2.38. The first kappa shape index (κ1) is 16.3. The lowest BCUT2D eigenvalue weighted by molar-refractivity contribution is -0.120. The number of methoxy groups -OCH3 is 1. The van der Waals surface area contributed by atoms with Crippen molar-refractivity contribution in [2.75, 3.05) is 7.11 Å². The molecule has 1 heterocycles. The Morgan fingerprint density at radius 1 is 1.26 bits per heavy atom. The summed E-state index contributed by atoms with van der Waals surface area (Å²) >= 11 is 0. The van der Waals surface area contributed by atoms with E-state index in [9.17, 15) is 4.79 Å². The van der Waals surface area contributed by atoms with Crippen molar-refractivity contribution >= 4 is 5.78 Å². The van der Waals surface area contributed by atoms with Crippen LogP contribution < -0.4 is 4.74 Å². The molecule has 1 fully saturated rings. The highest BCUT2D eigenvalue weighted by Crippen LogP contribution is 2.35. The van der Waals surface area contributed by atoms with E-state index in [1.54, 1.807) is 7.11 Å². The normalized spacial score (nSPS) is 25.0. The standard InChI is InChI=1S/C20H27NO2/c1-3-6-16-13-20(22)18-7-4-5-8-19(18)21(16)14-15-9-11-17(23-2)12-10-15/h7,9-12,16,19H,3-6,8,13-14H2,1-2H3/t16-,19-/m1/s1. The molecule has 0 aromatic heterocycles. The summed E-state index contributed by atoms with van der Waals surface area (Å²) in [4.78, 5) is 15.1. The molecule has 0 radical (unpaired) electrons. The van der Waals surface area contributed by atoms with Gasteiger partial charge < -0.3 is 4.74 Å². The summed E-state index contributed by atoms with van der Waals surface area (Å²) < 4.78 is 5.25. The second-order valence-electron chi connectivity index (χ2n) is 6.70. The molecule has 1 aromatic rings. The Morgan fingerprint density at radius 2 is 2.04 bits per heavy atom. The van der Waals surface area contributed by atoms with Crippen molar-refractivity contribution < 1.29 is 9.53 Å². The van der Waals surface area contributed by atoms with E-state index in [0.29, 0.717) is 24.3 Å². The summed E-state index contributed by atoms with van der Waals surface area (Å²) in [6, 6.07) is 9.04. The number of hydrogen-bond donors (Lipinski definition) is 0. The van der Waals surface area contributed by atoms with E-state index in [1.807, 2.05) is 12.1 Å². The van der Waals surface area contributed by atoms with Gasteiger partial charge in [0.1, 0.15) is 5.75 Å². The van der Waals surface area contributed by atoms with Crippen LogP contribution in [0, 0.1) is 0 Å². The number of rotatable bonds is 5. The maximum Gasteiger partial charge on any atom is 0.161 e. The summed E-state index contributed by atoms with van der Waals surface area (Å²) in [6.07, 6.45) is 8.49. The maximum absolute atomic E-state index is 12.5. The van der Waals surface area contributed by atoms with Crippen LogP contribution in [0.3, 0.4) is 0 Å². The van der Waals surface area contributed by atoms with Gasteiger partial charge in [0, 0.05) is 30.6 Å². The molecule has 124 valence electrons. The highest BCUT2D eigenvalue weighted by molar-refractivity contribution is 5.97. The minimum Gasteiger partial charge on any atom is -0.497 e. The number of ketones is 1. The van der Waals surface area contributed by atoms with E-state index in [1.165, 1.54) is 12.0 Å². The van der Waals surface area contributed by atoms with Gasteiger partial charge in [-0.05, 0) is 43.4 Å². The lowest BCUT2D eigenvalue weighted by Gasteiger charge is -2.44. The van der Waals surface area contributed by atoms with Gasteiger partial charge in [0.05, 0.1) is 7.11 Å². The number of piperidine rings is 1. The summed E-state index contributed by atoms with van der Waals surface area (Å²) in [5.74, 6) is 1.28. The minimum absolute atomic E-state index is 0.323. The van der Waals surface area contributed by atoms with Crippen LogP contribution in [0.25, 0.3) is 0 Å². The predicted molar refractivity (Wildman–Crippen MR) is 92.6 cm³/mol. The number of benzene rings is 1. The summed E-state index contributed by atoms with van der Waals surface area (Å²) in [7, 11) is 1.70. The van der Waals surface area contributed by atoms with Crippen molar-refractivity contribution in [1.82, 2.24) is 4.90 Å². The summed E-state index contributed by atoms with van der Waals surface area (Å²) in [5.41, 5.74) is 2.38. The Morgan fingerprint density at radius 3 is 2.74 bits per heavy atom. The molecular formula is C20H27NO2. The Balaban J connectivity index is 1.83. The third-order valence-electron chi connectivity index (χ3n) is 5.16. The molecule has 3 nitrogen and oxygen atoms in total. The molecule has 0 saturated carbocycles. The van der Waals surface area contributed by atoms with Crippen molar-refractivity contribution in [2.24, 2.45) is 0 Å². The first-order valence-electron chi connectivity index (χ1n) is 8.85. The molecular weight excluding hydrogens is 286 g/mol. The minimum atomic E-state index is 0.323. The Kier molecular flexibility index (Phi) is 5.16. The third kappa shape index (κ3) is 3.50. The topological polar surface area (TPSA) is 29.5 Å². The molecule has 0 bridgehead atoms. The zero-order chi connectivity index (χ0) is 16.2. The number of fused-ring (bicyclic) bond motifs is 1. The van der Waals surface area contributed by atoms with Gasteiger partial charge in [-0.1, -0.05) is 31.6 Å². The fraction of sp³-hybridized carbons (Fsp3) is 0.550. The average Bonchev–Trinajstić information content (AvgIpc) is 2.59. The van der Waals surface area contributed by atoms with Gasteiger partial charge in [0.15, 0.2) is 5.78 Å². The third-order valence-corrected chi connectivity index (χ3v) is 5.16. The summed E-state index contributed by atoms with van der Waals surface area (Å²) in [5, 5.41) is 0. The van der Waals surface area contributed by atoms with Crippen LogP contribution in [-0.4, -0.2) is 29.9 Å². The Bertz CT molecular complexity index is 576. The predicted octanol–water partition coefficient (Wildman–Crippen LogP) is 4.12. The van der Waals surface area contributed by atoms with Gasteiger partial charge in [-0.15, -0.1) is 0 Å². The molecule has 1 aliphatic heterocycles. The van der Waals surface area contributed by atoms with E-state index in [2.05, 4.69) is 30.0 Å². The van der Waals surface area contributed by atoms with Crippen LogP contribution in [-0.2, 0) is 11.3 Å².